The molecule has 3 amide bonds. The number of carbonyl (C=O) groups is 5. The number of carboxylic acid groups (broad SMARTS) is 2. The highest BCUT2D eigenvalue weighted by Crippen LogP contribution is 2.01. The van der Waals surface area contributed by atoms with Crippen LogP contribution in [0.3, 0.4) is 0 Å². The summed E-state index contributed by atoms with van der Waals surface area (Å²) in [6, 6.07) is -4.97. The minimum Gasteiger partial charge on any atom is -0.481 e. The number of hydrogen-bond acceptors (Lipinski definition) is 8. The van der Waals surface area contributed by atoms with Crippen molar-refractivity contribution in [2.75, 3.05) is 6.54 Å². The van der Waals surface area contributed by atoms with E-state index in [-0.39, 0.29) is 0 Å². The van der Waals surface area contributed by atoms with Crippen molar-refractivity contribution in [1.29, 1.82) is 0 Å². The van der Waals surface area contributed by atoms with Crippen LogP contribution in [0.5, 0.6) is 0 Å². The van der Waals surface area contributed by atoms with Crippen LogP contribution in [0.25, 0.3) is 0 Å². The van der Waals surface area contributed by atoms with Gasteiger partial charge in [-0.1, -0.05) is 0 Å². The quantitative estimate of drug-likeness (QED) is 0.169. The Hall–Kier alpha value is -2.77. The van der Waals surface area contributed by atoms with Gasteiger partial charge in [0.05, 0.1) is 25.2 Å². The molecular formula is C14H24N4O9. The van der Waals surface area contributed by atoms with E-state index in [4.69, 9.17) is 15.9 Å². The summed E-state index contributed by atoms with van der Waals surface area (Å²) in [5.74, 6) is -6.08. The first-order chi connectivity index (χ1) is 12.4. The van der Waals surface area contributed by atoms with Crippen LogP contribution in [0, 0.1) is 0 Å². The van der Waals surface area contributed by atoms with Crippen molar-refractivity contribution in [3.8, 4) is 0 Å². The Morgan fingerprint density at radius 3 is 1.67 bits per heavy atom. The second kappa shape index (κ2) is 11.1. The molecule has 0 aliphatic carbocycles. The van der Waals surface area contributed by atoms with E-state index in [1.54, 1.807) is 0 Å². The van der Waals surface area contributed by atoms with Gasteiger partial charge in [-0.3, -0.25) is 19.2 Å². The van der Waals surface area contributed by atoms with Gasteiger partial charge in [0, 0.05) is 0 Å². The fraction of sp³-hybridized carbons (Fsp3) is 0.643. The minimum absolute atomic E-state index is 0.466. The van der Waals surface area contributed by atoms with Crippen molar-refractivity contribution in [1.82, 2.24) is 16.0 Å². The molecule has 0 aromatic carbocycles. The number of aliphatic hydroxyl groups excluding tert-OH is 2. The SMILES string of the molecule is CC(O)C(NC(=O)CN)C(=O)NC(C(=O)NC(CC(=O)O)C(=O)O)C(C)O. The van der Waals surface area contributed by atoms with Gasteiger partial charge in [0.1, 0.15) is 18.1 Å². The van der Waals surface area contributed by atoms with Gasteiger partial charge < -0.3 is 42.1 Å². The molecule has 5 unspecified atom stereocenters. The zero-order chi connectivity index (χ0) is 21.3. The first kappa shape index (κ1) is 24.2. The van der Waals surface area contributed by atoms with Crippen LogP contribution < -0.4 is 21.7 Å². The number of aliphatic carboxylic acids is 2. The Morgan fingerprint density at radius 1 is 0.852 bits per heavy atom. The van der Waals surface area contributed by atoms with Crippen molar-refractivity contribution in [3.05, 3.63) is 0 Å². The molecule has 0 fully saturated rings. The highest BCUT2D eigenvalue weighted by Gasteiger charge is 2.34. The normalized spacial score (nSPS) is 16.2. The summed E-state index contributed by atoms with van der Waals surface area (Å²) in [5, 5.41) is 43.0. The van der Waals surface area contributed by atoms with Crippen molar-refractivity contribution in [2.45, 2.75) is 50.6 Å². The smallest absolute Gasteiger partial charge is 0.326 e. The van der Waals surface area contributed by atoms with E-state index in [2.05, 4.69) is 10.6 Å². The van der Waals surface area contributed by atoms with Gasteiger partial charge >= 0.3 is 11.9 Å². The van der Waals surface area contributed by atoms with E-state index in [1.807, 2.05) is 5.32 Å². The molecule has 0 aliphatic rings. The molecule has 0 saturated heterocycles. The molecule has 0 saturated carbocycles. The average molecular weight is 392 g/mol. The lowest BCUT2D eigenvalue weighted by molar-refractivity contribution is -0.148. The van der Waals surface area contributed by atoms with Gasteiger partial charge in [0.2, 0.25) is 17.7 Å². The third-order valence-electron chi connectivity index (χ3n) is 3.32. The minimum atomic E-state index is -1.79. The van der Waals surface area contributed by atoms with Crippen LogP contribution in [0.15, 0.2) is 0 Å². The van der Waals surface area contributed by atoms with Gasteiger partial charge in [0.15, 0.2) is 0 Å². The van der Waals surface area contributed by atoms with E-state index in [1.165, 1.54) is 6.92 Å². The average Bonchev–Trinajstić information content (AvgIpc) is 2.54. The number of hydrogen-bond donors (Lipinski definition) is 8. The van der Waals surface area contributed by atoms with E-state index in [0.29, 0.717) is 0 Å². The van der Waals surface area contributed by atoms with Crippen LogP contribution in [-0.4, -0.2) is 87.0 Å². The Labute approximate surface area is 153 Å². The lowest BCUT2D eigenvalue weighted by Crippen LogP contribution is -2.61. The third-order valence-corrected chi connectivity index (χ3v) is 3.32. The van der Waals surface area contributed by atoms with Crippen LogP contribution >= 0.6 is 0 Å². The summed E-state index contributed by atoms with van der Waals surface area (Å²) in [4.78, 5) is 57.4. The molecule has 0 rings (SSSR count). The van der Waals surface area contributed by atoms with Crippen LogP contribution in [0.2, 0.25) is 0 Å². The molecule has 5 atom stereocenters. The number of carbonyl (C=O) groups excluding carboxylic acids is 3. The van der Waals surface area contributed by atoms with E-state index < -0.39 is 73.0 Å². The lowest BCUT2D eigenvalue weighted by atomic mass is 10.1. The molecule has 0 aromatic heterocycles. The maximum Gasteiger partial charge on any atom is 0.326 e. The Balaban J connectivity index is 5.27. The highest BCUT2D eigenvalue weighted by molar-refractivity contribution is 5.94. The molecule has 0 bridgehead atoms. The Morgan fingerprint density at radius 2 is 1.30 bits per heavy atom. The zero-order valence-electron chi connectivity index (χ0n) is 14.7. The summed E-state index contributed by atoms with van der Waals surface area (Å²) >= 11 is 0. The van der Waals surface area contributed by atoms with Gasteiger partial charge in [-0.05, 0) is 13.8 Å². The topological polar surface area (TPSA) is 228 Å². The van der Waals surface area contributed by atoms with E-state index in [0.717, 1.165) is 6.92 Å². The Bertz CT molecular complexity index is 579. The molecule has 13 heteroatoms. The second-order valence-electron chi connectivity index (χ2n) is 5.71. The molecule has 0 aliphatic heterocycles. The predicted molar refractivity (Wildman–Crippen MR) is 88.1 cm³/mol. The number of amides is 3. The number of carboxylic acids is 2. The van der Waals surface area contributed by atoms with Gasteiger partial charge in [-0.2, -0.15) is 0 Å². The number of nitrogens with one attached hydrogen (secondary N) is 3. The summed E-state index contributed by atoms with van der Waals surface area (Å²) in [7, 11) is 0. The number of nitrogens with two attached hydrogens (primary N) is 1. The van der Waals surface area contributed by atoms with Crippen molar-refractivity contribution < 1.29 is 44.4 Å². The largest absolute Gasteiger partial charge is 0.481 e. The lowest BCUT2D eigenvalue weighted by Gasteiger charge is -2.26. The monoisotopic (exact) mass is 392 g/mol. The number of rotatable bonds is 11. The molecule has 0 aromatic rings. The van der Waals surface area contributed by atoms with Gasteiger partial charge in [-0.15, -0.1) is 0 Å². The van der Waals surface area contributed by atoms with E-state index in [9.17, 15) is 34.2 Å². The first-order valence-corrected chi connectivity index (χ1v) is 7.81. The summed E-state index contributed by atoms with van der Waals surface area (Å²) in [6.07, 6.45) is -3.81. The van der Waals surface area contributed by atoms with Crippen LogP contribution in [0.1, 0.15) is 20.3 Å². The summed E-state index contributed by atoms with van der Waals surface area (Å²) < 4.78 is 0. The van der Waals surface area contributed by atoms with Gasteiger partial charge in [-0.25, -0.2) is 4.79 Å². The second-order valence-corrected chi connectivity index (χ2v) is 5.71. The molecule has 0 heterocycles. The maximum atomic E-state index is 12.2. The molecule has 154 valence electrons. The standard InChI is InChI=1S/C14H24N4O9/c1-5(19)10(17-8(21)4-15)13(25)18-11(6(2)20)12(24)16-7(14(26)27)3-9(22)23/h5-7,10-11,19-20H,3-4,15H2,1-2H3,(H,16,24)(H,17,21)(H,18,25)(H,22,23)(H,26,27). The van der Waals surface area contributed by atoms with Crippen molar-refractivity contribution >= 4 is 29.7 Å². The zero-order valence-corrected chi connectivity index (χ0v) is 14.7. The van der Waals surface area contributed by atoms with Crippen LogP contribution in [0.4, 0.5) is 0 Å². The fourth-order valence-corrected chi connectivity index (χ4v) is 1.92. The molecule has 27 heavy (non-hydrogen) atoms. The third kappa shape index (κ3) is 8.44. The van der Waals surface area contributed by atoms with Crippen molar-refractivity contribution in [2.24, 2.45) is 5.73 Å². The first-order valence-electron chi connectivity index (χ1n) is 7.81. The molecule has 9 N–H and O–H groups in total. The summed E-state index contributed by atoms with van der Waals surface area (Å²) in [5.41, 5.74) is 5.11. The van der Waals surface area contributed by atoms with Crippen molar-refractivity contribution in [3.63, 3.8) is 0 Å². The summed E-state index contributed by atoms with van der Waals surface area (Å²) in [6.45, 7) is 1.84. The van der Waals surface area contributed by atoms with E-state index >= 15 is 0 Å². The number of aliphatic hydroxyl groups is 2. The van der Waals surface area contributed by atoms with Gasteiger partial charge in [0.25, 0.3) is 0 Å². The Kier molecular flexibility index (Phi) is 9.92. The molecule has 0 spiro atoms. The maximum absolute atomic E-state index is 12.2. The predicted octanol–water partition coefficient (Wildman–Crippen LogP) is -4.28. The molecule has 0 radical (unpaired) electrons. The fourth-order valence-electron chi connectivity index (χ4n) is 1.92. The molecular weight excluding hydrogens is 368 g/mol. The highest BCUT2D eigenvalue weighted by atomic mass is 16.4. The van der Waals surface area contributed by atoms with Crippen LogP contribution in [-0.2, 0) is 24.0 Å². The molecule has 13 nitrogen and oxygen atoms in total.